The molecular formula is C10H15NO3S. The lowest BCUT2D eigenvalue weighted by Crippen LogP contribution is -2.15. The van der Waals surface area contributed by atoms with Gasteiger partial charge in [0.25, 0.3) is 10.1 Å². The van der Waals surface area contributed by atoms with Gasteiger partial charge in [0.15, 0.2) is 0 Å². The predicted octanol–water partition coefficient (Wildman–Crippen LogP) is 2.14. The standard InChI is InChI=1S/C10H15NO3S/c1-3-8(2)11-9-6-4-5-7-10(9)15(12,13)14/h4-8,11H,3H2,1-2H3,(H,12,13,14). The first-order valence-corrected chi connectivity index (χ1v) is 6.22. The van der Waals surface area contributed by atoms with Crippen LogP contribution >= 0.6 is 0 Å². The molecule has 4 nitrogen and oxygen atoms in total. The molecule has 1 aromatic rings. The van der Waals surface area contributed by atoms with Gasteiger partial charge in [0, 0.05) is 6.04 Å². The third-order valence-corrected chi connectivity index (χ3v) is 3.09. The minimum atomic E-state index is -4.15. The van der Waals surface area contributed by atoms with Gasteiger partial charge in [-0.25, -0.2) is 0 Å². The molecule has 0 aliphatic carbocycles. The van der Waals surface area contributed by atoms with Gasteiger partial charge >= 0.3 is 0 Å². The molecule has 15 heavy (non-hydrogen) atoms. The monoisotopic (exact) mass is 229 g/mol. The van der Waals surface area contributed by atoms with Gasteiger partial charge in [0.05, 0.1) is 5.69 Å². The van der Waals surface area contributed by atoms with Crippen LogP contribution in [0, 0.1) is 0 Å². The van der Waals surface area contributed by atoms with Crippen molar-refractivity contribution in [2.45, 2.75) is 31.2 Å². The van der Waals surface area contributed by atoms with E-state index in [1.807, 2.05) is 13.8 Å². The molecule has 0 amide bonds. The zero-order valence-electron chi connectivity index (χ0n) is 8.77. The molecule has 0 aliphatic rings. The molecule has 0 bridgehead atoms. The molecule has 0 saturated carbocycles. The Morgan fingerprint density at radius 1 is 1.40 bits per heavy atom. The lowest BCUT2D eigenvalue weighted by molar-refractivity contribution is 0.483. The minimum Gasteiger partial charge on any atom is -0.381 e. The molecule has 5 heteroatoms. The van der Waals surface area contributed by atoms with Crippen LogP contribution < -0.4 is 5.32 Å². The average molecular weight is 229 g/mol. The van der Waals surface area contributed by atoms with Crippen LogP contribution in [0.3, 0.4) is 0 Å². The summed E-state index contributed by atoms with van der Waals surface area (Å²) in [6, 6.07) is 6.47. The molecule has 0 aliphatic heterocycles. The first-order chi connectivity index (χ1) is 6.95. The van der Waals surface area contributed by atoms with Crippen molar-refractivity contribution < 1.29 is 13.0 Å². The van der Waals surface area contributed by atoms with E-state index in [0.717, 1.165) is 6.42 Å². The Bertz CT molecular complexity index is 428. The second-order valence-corrected chi connectivity index (χ2v) is 4.81. The van der Waals surface area contributed by atoms with Crippen molar-refractivity contribution in [2.75, 3.05) is 5.32 Å². The summed E-state index contributed by atoms with van der Waals surface area (Å²) in [5.41, 5.74) is 0.439. The molecular weight excluding hydrogens is 214 g/mol. The molecule has 0 saturated heterocycles. The van der Waals surface area contributed by atoms with E-state index in [-0.39, 0.29) is 10.9 Å². The summed E-state index contributed by atoms with van der Waals surface area (Å²) < 4.78 is 31.1. The Morgan fingerprint density at radius 2 is 2.00 bits per heavy atom. The number of rotatable bonds is 4. The van der Waals surface area contributed by atoms with E-state index >= 15 is 0 Å². The lowest BCUT2D eigenvalue weighted by atomic mass is 10.2. The molecule has 2 N–H and O–H groups in total. The van der Waals surface area contributed by atoms with E-state index in [2.05, 4.69) is 5.32 Å². The molecule has 0 radical (unpaired) electrons. The summed E-state index contributed by atoms with van der Waals surface area (Å²) in [6.07, 6.45) is 0.875. The highest BCUT2D eigenvalue weighted by atomic mass is 32.2. The van der Waals surface area contributed by atoms with Crippen molar-refractivity contribution in [3.63, 3.8) is 0 Å². The van der Waals surface area contributed by atoms with Gasteiger partial charge in [-0.1, -0.05) is 19.1 Å². The van der Waals surface area contributed by atoms with Crippen LogP contribution in [0.25, 0.3) is 0 Å². The van der Waals surface area contributed by atoms with E-state index < -0.39 is 10.1 Å². The summed E-state index contributed by atoms with van der Waals surface area (Å²) in [5.74, 6) is 0. The molecule has 0 aromatic heterocycles. The average Bonchev–Trinajstić information content (AvgIpc) is 2.17. The highest BCUT2D eigenvalue weighted by molar-refractivity contribution is 7.86. The van der Waals surface area contributed by atoms with Crippen LogP contribution in [0.2, 0.25) is 0 Å². The van der Waals surface area contributed by atoms with Crippen molar-refractivity contribution in [3.8, 4) is 0 Å². The summed E-state index contributed by atoms with van der Waals surface area (Å²) in [7, 11) is -4.15. The maximum atomic E-state index is 11.0. The topological polar surface area (TPSA) is 66.4 Å². The lowest BCUT2D eigenvalue weighted by Gasteiger charge is -2.15. The van der Waals surface area contributed by atoms with E-state index in [1.165, 1.54) is 6.07 Å². The zero-order valence-corrected chi connectivity index (χ0v) is 9.58. The van der Waals surface area contributed by atoms with Crippen LogP contribution in [0.4, 0.5) is 5.69 Å². The van der Waals surface area contributed by atoms with Crippen molar-refractivity contribution in [1.29, 1.82) is 0 Å². The molecule has 0 spiro atoms. The van der Waals surface area contributed by atoms with Crippen LogP contribution in [0.5, 0.6) is 0 Å². The van der Waals surface area contributed by atoms with Crippen LogP contribution in [0.15, 0.2) is 29.2 Å². The number of para-hydroxylation sites is 1. The molecule has 1 unspecified atom stereocenters. The van der Waals surface area contributed by atoms with E-state index in [0.29, 0.717) is 5.69 Å². The Hall–Kier alpha value is -1.07. The largest absolute Gasteiger partial charge is 0.381 e. The Morgan fingerprint density at radius 3 is 2.53 bits per heavy atom. The number of benzene rings is 1. The molecule has 1 aromatic carbocycles. The number of hydrogen-bond acceptors (Lipinski definition) is 3. The second-order valence-electron chi connectivity index (χ2n) is 3.42. The molecule has 84 valence electrons. The highest BCUT2D eigenvalue weighted by Crippen LogP contribution is 2.21. The Kier molecular flexibility index (Phi) is 3.71. The summed E-state index contributed by atoms with van der Waals surface area (Å²) >= 11 is 0. The fourth-order valence-electron chi connectivity index (χ4n) is 1.18. The van der Waals surface area contributed by atoms with Crippen molar-refractivity contribution in [1.82, 2.24) is 0 Å². The van der Waals surface area contributed by atoms with Gasteiger partial charge < -0.3 is 5.32 Å². The van der Waals surface area contributed by atoms with E-state index in [9.17, 15) is 8.42 Å². The fourth-order valence-corrected chi connectivity index (χ4v) is 1.83. The normalized spacial score (nSPS) is 13.5. The van der Waals surface area contributed by atoms with Crippen LogP contribution in [-0.4, -0.2) is 19.0 Å². The van der Waals surface area contributed by atoms with Gasteiger partial charge in [0.2, 0.25) is 0 Å². The van der Waals surface area contributed by atoms with Gasteiger partial charge in [0.1, 0.15) is 4.90 Å². The van der Waals surface area contributed by atoms with Gasteiger partial charge in [-0.05, 0) is 25.5 Å². The second kappa shape index (κ2) is 4.63. The van der Waals surface area contributed by atoms with Crippen molar-refractivity contribution in [2.24, 2.45) is 0 Å². The summed E-state index contributed by atoms with van der Waals surface area (Å²) in [5, 5.41) is 3.03. The number of anilines is 1. The predicted molar refractivity (Wildman–Crippen MR) is 59.6 cm³/mol. The SMILES string of the molecule is CCC(C)Nc1ccccc1S(=O)(=O)O. The van der Waals surface area contributed by atoms with Crippen molar-refractivity contribution >= 4 is 15.8 Å². The third-order valence-electron chi connectivity index (χ3n) is 2.18. The Balaban J connectivity index is 3.08. The Labute approximate surface area is 90.1 Å². The first kappa shape index (κ1) is 12.0. The molecule has 1 atom stereocenters. The maximum absolute atomic E-state index is 11.0. The zero-order chi connectivity index (χ0) is 11.5. The van der Waals surface area contributed by atoms with E-state index in [1.54, 1.807) is 18.2 Å². The van der Waals surface area contributed by atoms with Gasteiger partial charge in [-0.3, -0.25) is 4.55 Å². The molecule has 1 rings (SSSR count). The molecule has 0 fully saturated rings. The third kappa shape index (κ3) is 3.21. The van der Waals surface area contributed by atoms with Crippen LogP contribution in [-0.2, 0) is 10.1 Å². The summed E-state index contributed by atoms with van der Waals surface area (Å²) in [6.45, 7) is 3.94. The van der Waals surface area contributed by atoms with Crippen molar-refractivity contribution in [3.05, 3.63) is 24.3 Å². The van der Waals surface area contributed by atoms with Gasteiger partial charge in [-0.2, -0.15) is 8.42 Å². The van der Waals surface area contributed by atoms with Crippen LogP contribution in [0.1, 0.15) is 20.3 Å². The van der Waals surface area contributed by atoms with E-state index in [4.69, 9.17) is 4.55 Å². The maximum Gasteiger partial charge on any atom is 0.296 e. The summed E-state index contributed by atoms with van der Waals surface area (Å²) in [4.78, 5) is -0.0784. The quantitative estimate of drug-likeness (QED) is 0.776. The first-order valence-electron chi connectivity index (χ1n) is 4.78. The van der Waals surface area contributed by atoms with Gasteiger partial charge in [-0.15, -0.1) is 0 Å². The fraction of sp³-hybridized carbons (Fsp3) is 0.400. The smallest absolute Gasteiger partial charge is 0.296 e. The number of hydrogen-bond donors (Lipinski definition) is 2. The minimum absolute atomic E-state index is 0.0784. The number of nitrogens with one attached hydrogen (secondary N) is 1. The highest BCUT2D eigenvalue weighted by Gasteiger charge is 2.15. The molecule has 0 heterocycles.